The zero-order valence-electron chi connectivity index (χ0n) is 6.03. The van der Waals surface area contributed by atoms with Gasteiger partial charge in [-0.05, 0) is 6.07 Å². The lowest BCUT2D eigenvalue weighted by molar-refractivity contribution is -0.384. The highest BCUT2D eigenvalue weighted by Gasteiger charge is 2.17. The van der Waals surface area contributed by atoms with Gasteiger partial charge in [0.2, 0.25) is 0 Å². The first kappa shape index (κ1) is 8.73. The Kier molecular flexibility index (Phi) is 2.44. The second kappa shape index (κ2) is 3.36. The average molecular weight is 188 g/mol. The van der Waals surface area contributed by atoms with Crippen LogP contribution in [0.25, 0.3) is 0 Å². The molecule has 1 rings (SSSR count). The van der Waals surface area contributed by atoms with Crippen LogP contribution in [0.15, 0.2) is 12.3 Å². The van der Waals surface area contributed by atoms with Crippen molar-refractivity contribution in [1.82, 2.24) is 4.98 Å². The van der Waals surface area contributed by atoms with Crippen LogP contribution in [0.4, 0.5) is 11.4 Å². The van der Waals surface area contributed by atoms with Crippen LogP contribution in [0.3, 0.4) is 0 Å². The van der Waals surface area contributed by atoms with E-state index in [1.54, 1.807) is 0 Å². The lowest BCUT2D eigenvalue weighted by Crippen LogP contribution is -2.00. The number of aromatic nitrogens is 1. The predicted octanol–water partition coefficient (Wildman–Crippen LogP) is 1.31. The molecule has 12 heavy (non-hydrogen) atoms. The topological polar surface area (TPSA) is 82.0 Å². The van der Waals surface area contributed by atoms with Crippen molar-refractivity contribution in [2.24, 2.45) is 0 Å². The molecule has 1 aromatic rings. The summed E-state index contributed by atoms with van der Waals surface area (Å²) in [4.78, 5) is 13.6. The number of anilines is 1. The van der Waals surface area contributed by atoms with E-state index in [-0.39, 0.29) is 22.9 Å². The Morgan fingerprint density at radius 1 is 1.75 bits per heavy atom. The molecule has 0 aliphatic rings. The molecule has 0 atom stereocenters. The van der Waals surface area contributed by atoms with Crippen LogP contribution in [0.2, 0.25) is 0 Å². The van der Waals surface area contributed by atoms with E-state index in [0.29, 0.717) is 0 Å². The van der Waals surface area contributed by atoms with Crippen molar-refractivity contribution in [2.45, 2.75) is 5.88 Å². The fourth-order valence-corrected chi connectivity index (χ4v) is 1.02. The molecule has 64 valence electrons. The van der Waals surface area contributed by atoms with E-state index in [9.17, 15) is 10.1 Å². The molecule has 2 N–H and O–H groups in total. The Labute approximate surface area is 73.3 Å². The summed E-state index contributed by atoms with van der Waals surface area (Å²) in [6.07, 6.45) is 1.39. The van der Waals surface area contributed by atoms with Gasteiger partial charge in [0.05, 0.1) is 10.8 Å². The number of nitro groups is 1. The first-order valence-corrected chi connectivity index (χ1v) is 3.64. The predicted molar refractivity (Wildman–Crippen MR) is 44.9 cm³/mol. The first-order valence-electron chi connectivity index (χ1n) is 3.10. The highest BCUT2D eigenvalue weighted by Crippen LogP contribution is 2.24. The van der Waals surface area contributed by atoms with Crippen LogP contribution < -0.4 is 5.73 Å². The molecule has 0 fully saturated rings. The van der Waals surface area contributed by atoms with Crippen molar-refractivity contribution in [3.05, 3.63) is 28.1 Å². The Morgan fingerprint density at radius 2 is 2.42 bits per heavy atom. The Hall–Kier alpha value is -1.36. The minimum atomic E-state index is -0.583. The number of rotatable bonds is 2. The van der Waals surface area contributed by atoms with Gasteiger partial charge >= 0.3 is 5.69 Å². The van der Waals surface area contributed by atoms with Gasteiger partial charge in [0.15, 0.2) is 0 Å². The van der Waals surface area contributed by atoms with Crippen molar-refractivity contribution in [1.29, 1.82) is 0 Å². The zero-order valence-corrected chi connectivity index (χ0v) is 6.78. The van der Waals surface area contributed by atoms with Gasteiger partial charge in [-0.1, -0.05) is 0 Å². The third-order valence-electron chi connectivity index (χ3n) is 1.34. The number of pyridine rings is 1. The lowest BCUT2D eigenvalue weighted by Gasteiger charge is -1.99. The maximum atomic E-state index is 10.4. The van der Waals surface area contributed by atoms with Gasteiger partial charge in [0.25, 0.3) is 0 Å². The average Bonchev–Trinajstić information content (AvgIpc) is 2.03. The number of nitrogens with zero attached hydrogens (tertiary/aromatic N) is 2. The zero-order chi connectivity index (χ0) is 9.14. The molecule has 0 bridgehead atoms. The van der Waals surface area contributed by atoms with Gasteiger partial charge in [0.1, 0.15) is 11.4 Å². The lowest BCUT2D eigenvalue weighted by atomic mass is 10.3. The molecule has 0 aliphatic heterocycles. The van der Waals surface area contributed by atoms with E-state index in [0.717, 1.165) is 0 Å². The number of halogens is 1. The highest BCUT2D eigenvalue weighted by molar-refractivity contribution is 6.17. The quantitative estimate of drug-likeness (QED) is 0.430. The molecule has 6 heteroatoms. The van der Waals surface area contributed by atoms with E-state index in [1.165, 1.54) is 12.3 Å². The van der Waals surface area contributed by atoms with Gasteiger partial charge < -0.3 is 5.73 Å². The Balaban J connectivity index is 3.29. The number of hydrogen-bond donors (Lipinski definition) is 1. The molecule has 0 amide bonds. The molecule has 0 spiro atoms. The molecular formula is C6H6ClN3O2. The second-order valence-electron chi connectivity index (χ2n) is 2.09. The van der Waals surface area contributed by atoms with Crippen LogP contribution in [0.1, 0.15) is 5.69 Å². The van der Waals surface area contributed by atoms with Crippen LogP contribution in [0.5, 0.6) is 0 Å². The van der Waals surface area contributed by atoms with Crippen molar-refractivity contribution in [3.63, 3.8) is 0 Å². The summed E-state index contributed by atoms with van der Waals surface area (Å²) in [5, 5.41) is 10.4. The van der Waals surface area contributed by atoms with Gasteiger partial charge in [0, 0.05) is 6.20 Å². The van der Waals surface area contributed by atoms with E-state index in [4.69, 9.17) is 17.3 Å². The van der Waals surface area contributed by atoms with Gasteiger partial charge in [-0.2, -0.15) is 0 Å². The molecule has 1 aromatic heterocycles. The maximum absolute atomic E-state index is 10.4. The van der Waals surface area contributed by atoms with Crippen molar-refractivity contribution >= 4 is 23.0 Å². The second-order valence-corrected chi connectivity index (χ2v) is 2.35. The molecule has 5 nitrogen and oxygen atoms in total. The van der Waals surface area contributed by atoms with E-state index in [1.807, 2.05) is 0 Å². The maximum Gasteiger partial charge on any atom is 0.314 e. The fraction of sp³-hybridized carbons (Fsp3) is 0.167. The monoisotopic (exact) mass is 187 g/mol. The third kappa shape index (κ3) is 1.45. The number of hydrogen-bond acceptors (Lipinski definition) is 4. The molecule has 1 heterocycles. The summed E-state index contributed by atoms with van der Waals surface area (Å²) in [7, 11) is 0. The summed E-state index contributed by atoms with van der Waals surface area (Å²) < 4.78 is 0. The van der Waals surface area contributed by atoms with Gasteiger partial charge in [-0.15, -0.1) is 11.6 Å². The van der Waals surface area contributed by atoms with Gasteiger partial charge in [-0.3, -0.25) is 15.1 Å². The van der Waals surface area contributed by atoms with Crippen LogP contribution in [-0.4, -0.2) is 9.91 Å². The molecule has 0 saturated carbocycles. The summed E-state index contributed by atoms with van der Waals surface area (Å²) in [6.45, 7) is 0. The number of nitrogen functional groups attached to an aromatic ring is 1. The first-order chi connectivity index (χ1) is 5.66. The Morgan fingerprint density at radius 3 is 2.83 bits per heavy atom. The third-order valence-corrected chi connectivity index (χ3v) is 1.59. The molecular weight excluding hydrogens is 182 g/mol. The smallest absolute Gasteiger partial charge is 0.314 e. The number of alkyl halides is 1. The number of nitrogens with two attached hydrogens (primary N) is 1. The summed E-state index contributed by atoms with van der Waals surface area (Å²) in [5.74, 6) is -0.0125. The molecule has 0 unspecified atom stereocenters. The minimum Gasteiger partial charge on any atom is -0.393 e. The Bertz CT molecular complexity index is 316. The minimum absolute atomic E-state index is 0.0125. The van der Waals surface area contributed by atoms with Crippen molar-refractivity contribution in [3.8, 4) is 0 Å². The standard InChI is InChI=1S/C6H6ClN3O2/c7-3-5-6(10(11)12)4(8)1-2-9-5/h1-2H,3H2,(H2,8,9). The highest BCUT2D eigenvalue weighted by atomic mass is 35.5. The molecule has 0 radical (unpaired) electrons. The van der Waals surface area contributed by atoms with E-state index < -0.39 is 4.92 Å². The molecule has 0 saturated heterocycles. The fourth-order valence-electron chi connectivity index (χ4n) is 0.823. The van der Waals surface area contributed by atoms with E-state index >= 15 is 0 Å². The van der Waals surface area contributed by atoms with Crippen LogP contribution >= 0.6 is 11.6 Å². The van der Waals surface area contributed by atoms with Crippen LogP contribution in [0, 0.1) is 10.1 Å². The van der Waals surface area contributed by atoms with Gasteiger partial charge in [-0.25, -0.2) is 0 Å². The van der Waals surface area contributed by atoms with Crippen molar-refractivity contribution < 1.29 is 4.92 Å². The normalized spacial score (nSPS) is 9.75. The van der Waals surface area contributed by atoms with Crippen molar-refractivity contribution in [2.75, 3.05) is 5.73 Å². The van der Waals surface area contributed by atoms with Crippen LogP contribution in [-0.2, 0) is 5.88 Å². The summed E-state index contributed by atoms with van der Waals surface area (Å²) in [5.41, 5.74) is 5.44. The molecule has 0 aliphatic carbocycles. The SMILES string of the molecule is Nc1ccnc(CCl)c1[N+](=O)[O-]. The summed E-state index contributed by atoms with van der Waals surface area (Å²) in [6, 6.07) is 1.37. The largest absolute Gasteiger partial charge is 0.393 e. The molecule has 0 aromatic carbocycles. The van der Waals surface area contributed by atoms with E-state index in [2.05, 4.69) is 4.98 Å². The summed E-state index contributed by atoms with van der Waals surface area (Å²) >= 11 is 5.43.